The van der Waals surface area contributed by atoms with Gasteiger partial charge in [-0.3, -0.25) is 4.90 Å². The maximum absolute atomic E-state index is 12.9. The monoisotopic (exact) mass is 462 g/mol. The Hall–Kier alpha value is -2.53. The summed E-state index contributed by atoms with van der Waals surface area (Å²) in [6, 6.07) is 14.9. The van der Waals surface area contributed by atoms with E-state index >= 15 is 0 Å². The van der Waals surface area contributed by atoms with Gasteiger partial charge in [0.1, 0.15) is 11.9 Å². The summed E-state index contributed by atoms with van der Waals surface area (Å²) in [4.78, 5) is 15.3. The number of alkyl carbamates (subject to hydrolysis) is 1. The van der Waals surface area contributed by atoms with E-state index in [4.69, 9.17) is 9.47 Å². The van der Waals surface area contributed by atoms with Gasteiger partial charge >= 0.3 is 6.09 Å². The van der Waals surface area contributed by atoms with Gasteiger partial charge in [0.05, 0.1) is 12.6 Å². The molecule has 0 saturated carbocycles. The lowest BCUT2D eigenvalue weighted by atomic mass is 9.85. The number of nitrogens with one attached hydrogen (secondary N) is 1. The molecule has 3 saturated heterocycles. The third-order valence-electron chi connectivity index (χ3n) is 7.75. The van der Waals surface area contributed by atoms with E-state index in [9.17, 15) is 4.79 Å². The molecule has 1 aliphatic carbocycles. The quantitative estimate of drug-likeness (QED) is 0.587. The molecule has 0 radical (unpaired) electrons. The molecule has 3 fully saturated rings. The number of hydrogen-bond acceptors (Lipinski definition) is 4. The molecule has 5 nitrogen and oxygen atoms in total. The van der Waals surface area contributed by atoms with E-state index in [1.807, 2.05) is 6.07 Å². The fraction of sp³-hybridized carbons (Fsp3) is 0.552. The minimum atomic E-state index is -0.274. The van der Waals surface area contributed by atoms with E-state index in [2.05, 4.69) is 74.3 Å². The molecule has 34 heavy (non-hydrogen) atoms. The molecule has 1 unspecified atom stereocenters. The van der Waals surface area contributed by atoms with Crippen LogP contribution in [0.4, 0.5) is 4.79 Å². The van der Waals surface area contributed by atoms with E-state index in [1.54, 1.807) is 0 Å². The Morgan fingerprint density at radius 2 is 1.88 bits per heavy atom. The van der Waals surface area contributed by atoms with Gasteiger partial charge in [0.2, 0.25) is 0 Å². The fourth-order valence-electron chi connectivity index (χ4n) is 5.87. The minimum absolute atomic E-state index is 0.0269. The number of carbonyl (C=O) groups excluding carboxylic acids is 1. The van der Waals surface area contributed by atoms with Gasteiger partial charge in [-0.2, -0.15) is 0 Å². The minimum Gasteiger partial charge on any atom is -0.493 e. The van der Waals surface area contributed by atoms with Crippen LogP contribution in [0.5, 0.6) is 5.75 Å². The molecule has 3 aliphatic heterocycles. The molecule has 0 spiro atoms. The molecule has 2 aromatic carbocycles. The van der Waals surface area contributed by atoms with Crippen LogP contribution in [0.1, 0.15) is 57.7 Å². The lowest BCUT2D eigenvalue weighted by molar-refractivity contribution is -0.0348. The lowest BCUT2D eigenvalue weighted by Crippen LogP contribution is -2.53. The number of hydrogen-bond donors (Lipinski definition) is 1. The molecule has 3 heterocycles. The van der Waals surface area contributed by atoms with Gasteiger partial charge < -0.3 is 14.8 Å². The van der Waals surface area contributed by atoms with Crippen LogP contribution in [0.3, 0.4) is 0 Å². The molecule has 2 atom stereocenters. The fourth-order valence-corrected chi connectivity index (χ4v) is 5.87. The second-order valence-electron chi connectivity index (χ2n) is 11.5. The molecule has 2 bridgehead atoms. The summed E-state index contributed by atoms with van der Waals surface area (Å²) < 4.78 is 11.9. The highest BCUT2D eigenvalue weighted by molar-refractivity contribution is 5.70. The Bertz CT molecular complexity index is 1040. The van der Waals surface area contributed by atoms with Gasteiger partial charge in [-0.05, 0) is 84.0 Å². The Morgan fingerprint density at radius 1 is 1.12 bits per heavy atom. The summed E-state index contributed by atoms with van der Waals surface area (Å²) in [5.41, 5.74) is 4.76. The van der Waals surface area contributed by atoms with Crippen molar-refractivity contribution in [3.8, 4) is 16.9 Å². The van der Waals surface area contributed by atoms with Crippen LogP contribution in [-0.2, 0) is 11.2 Å². The summed E-state index contributed by atoms with van der Waals surface area (Å²) in [7, 11) is 0. The van der Waals surface area contributed by atoms with Crippen molar-refractivity contribution in [2.24, 2.45) is 17.3 Å². The summed E-state index contributed by atoms with van der Waals surface area (Å²) in [6.07, 6.45) is 2.96. The normalized spacial score (nSPS) is 26.9. The third-order valence-corrected chi connectivity index (χ3v) is 7.75. The largest absolute Gasteiger partial charge is 0.493 e. The van der Waals surface area contributed by atoms with Crippen LogP contribution in [0.15, 0.2) is 42.5 Å². The zero-order valence-corrected chi connectivity index (χ0v) is 21.0. The van der Waals surface area contributed by atoms with Crippen molar-refractivity contribution in [3.05, 3.63) is 53.6 Å². The van der Waals surface area contributed by atoms with Gasteiger partial charge in [-0.1, -0.05) is 58.0 Å². The van der Waals surface area contributed by atoms with Gasteiger partial charge in [-0.25, -0.2) is 4.79 Å². The second-order valence-corrected chi connectivity index (χ2v) is 11.5. The lowest BCUT2D eigenvalue weighted by Gasteiger charge is -2.44. The molecule has 1 N–H and O–H groups in total. The maximum Gasteiger partial charge on any atom is 0.407 e. The van der Waals surface area contributed by atoms with Crippen molar-refractivity contribution in [1.82, 2.24) is 10.2 Å². The SMILES string of the molecule is CC(C)COc1cccc(-c2ccc3c(c2)CC(C)(C)C3NC(=O)O[C@@H]2CN3CCC2CC3)c1. The molecule has 1 amide bonds. The molecule has 182 valence electrons. The van der Waals surface area contributed by atoms with Gasteiger partial charge in [0, 0.05) is 6.54 Å². The maximum atomic E-state index is 12.9. The third kappa shape index (κ3) is 4.81. The number of amides is 1. The molecule has 5 heteroatoms. The van der Waals surface area contributed by atoms with E-state index in [0.717, 1.165) is 50.2 Å². The second kappa shape index (κ2) is 9.26. The summed E-state index contributed by atoms with van der Waals surface area (Å²) in [5, 5.41) is 3.23. The predicted octanol–water partition coefficient (Wildman–Crippen LogP) is 5.83. The topological polar surface area (TPSA) is 50.8 Å². The number of piperidine rings is 3. The smallest absolute Gasteiger partial charge is 0.407 e. The summed E-state index contributed by atoms with van der Waals surface area (Å²) in [5.74, 6) is 1.91. The number of nitrogens with zero attached hydrogens (tertiary/aromatic N) is 1. The van der Waals surface area contributed by atoms with Crippen molar-refractivity contribution < 1.29 is 14.3 Å². The Morgan fingerprint density at radius 3 is 2.59 bits per heavy atom. The van der Waals surface area contributed by atoms with Gasteiger partial charge in [-0.15, -0.1) is 0 Å². The van der Waals surface area contributed by atoms with Crippen LogP contribution < -0.4 is 10.1 Å². The number of benzene rings is 2. The van der Waals surface area contributed by atoms with Crippen LogP contribution in [-0.4, -0.2) is 43.3 Å². The Kier molecular flexibility index (Phi) is 6.32. The van der Waals surface area contributed by atoms with Crippen LogP contribution >= 0.6 is 0 Å². The molecule has 0 aromatic heterocycles. The van der Waals surface area contributed by atoms with Crippen molar-refractivity contribution in [3.63, 3.8) is 0 Å². The van der Waals surface area contributed by atoms with Crippen molar-refractivity contribution in [2.75, 3.05) is 26.2 Å². The highest BCUT2D eigenvalue weighted by Crippen LogP contribution is 2.46. The number of carbonyl (C=O) groups is 1. The highest BCUT2D eigenvalue weighted by atomic mass is 16.6. The predicted molar refractivity (Wildman–Crippen MR) is 135 cm³/mol. The van der Waals surface area contributed by atoms with E-state index in [0.29, 0.717) is 18.4 Å². The van der Waals surface area contributed by atoms with Crippen LogP contribution in [0, 0.1) is 17.3 Å². The molecule has 4 aliphatic rings. The Balaban J connectivity index is 1.30. The van der Waals surface area contributed by atoms with Crippen molar-refractivity contribution >= 4 is 6.09 Å². The Labute approximate surface area is 203 Å². The van der Waals surface area contributed by atoms with Crippen molar-refractivity contribution in [1.29, 1.82) is 0 Å². The van der Waals surface area contributed by atoms with Crippen LogP contribution in [0.2, 0.25) is 0 Å². The molecular weight excluding hydrogens is 424 g/mol. The molecule has 2 aromatic rings. The van der Waals surface area contributed by atoms with E-state index in [1.165, 1.54) is 16.7 Å². The number of rotatable bonds is 6. The first kappa shape index (κ1) is 23.2. The summed E-state index contributed by atoms with van der Waals surface area (Å²) in [6.45, 7) is 12.6. The number of fused-ring (bicyclic) bond motifs is 4. The number of ether oxygens (including phenoxy) is 2. The summed E-state index contributed by atoms with van der Waals surface area (Å²) >= 11 is 0. The first-order chi connectivity index (χ1) is 16.3. The first-order valence-corrected chi connectivity index (χ1v) is 12.8. The standard InChI is InChI=1S/C29H38N2O3/c1-19(2)18-33-24-7-5-6-21(15-24)22-8-9-25-23(14-22)16-29(3,4)27(25)30-28(32)34-26-17-31-12-10-20(26)11-13-31/h5-9,14-15,19-20,26-27H,10-13,16-18H2,1-4H3,(H,30,32)/t26-,27?/m1/s1. The zero-order chi connectivity index (χ0) is 23.9. The van der Waals surface area contributed by atoms with Gasteiger partial charge in [0.25, 0.3) is 0 Å². The van der Waals surface area contributed by atoms with Crippen LogP contribution in [0.25, 0.3) is 11.1 Å². The zero-order valence-electron chi connectivity index (χ0n) is 21.0. The van der Waals surface area contributed by atoms with E-state index < -0.39 is 0 Å². The first-order valence-electron chi connectivity index (χ1n) is 12.8. The average Bonchev–Trinajstić information content (AvgIpc) is 3.07. The van der Waals surface area contributed by atoms with E-state index in [-0.39, 0.29) is 23.7 Å². The van der Waals surface area contributed by atoms with Gasteiger partial charge in [0.15, 0.2) is 0 Å². The molecule has 6 rings (SSSR count). The highest BCUT2D eigenvalue weighted by Gasteiger charge is 2.42. The average molecular weight is 463 g/mol. The van der Waals surface area contributed by atoms with Crippen molar-refractivity contribution in [2.45, 2.75) is 59.1 Å². The molecular formula is C29H38N2O3.